The first-order valence-corrected chi connectivity index (χ1v) is 6.50. The minimum absolute atomic E-state index is 0.897. The standard InChI is InChI=1S/C17H13NO/c1-2-14(10-17-12(1)6-8-19-17)13-3-4-16-11-18-7-5-15(16)9-13/h1-4,6,8-11H,5,7H2. The smallest absolute Gasteiger partial charge is 0.134 e. The quantitative estimate of drug-likeness (QED) is 0.636. The van der Waals surface area contributed by atoms with Crippen LogP contribution in [0.4, 0.5) is 0 Å². The molecule has 0 amide bonds. The number of hydrogen-bond acceptors (Lipinski definition) is 2. The molecule has 2 heterocycles. The Labute approximate surface area is 111 Å². The first-order valence-electron chi connectivity index (χ1n) is 6.50. The predicted octanol–water partition coefficient (Wildman–Crippen LogP) is 4.07. The van der Waals surface area contributed by atoms with Gasteiger partial charge < -0.3 is 4.42 Å². The summed E-state index contributed by atoms with van der Waals surface area (Å²) < 4.78 is 5.47. The second-order valence-electron chi connectivity index (χ2n) is 4.87. The van der Waals surface area contributed by atoms with Crippen LogP contribution in [0.3, 0.4) is 0 Å². The van der Waals surface area contributed by atoms with Crippen LogP contribution in [0.25, 0.3) is 22.1 Å². The number of rotatable bonds is 1. The molecular weight excluding hydrogens is 234 g/mol. The maximum Gasteiger partial charge on any atom is 0.134 e. The molecule has 0 spiro atoms. The van der Waals surface area contributed by atoms with Crippen LogP contribution in [0.15, 0.2) is 58.1 Å². The van der Waals surface area contributed by atoms with Crippen LogP contribution in [0.1, 0.15) is 11.1 Å². The van der Waals surface area contributed by atoms with Crippen molar-refractivity contribution < 1.29 is 4.42 Å². The molecule has 1 aromatic heterocycles. The maximum absolute atomic E-state index is 5.47. The summed E-state index contributed by atoms with van der Waals surface area (Å²) in [5.74, 6) is 0. The van der Waals surface area contributed by atoms with E-state index in [1.807, 2.05) is 12.3 Å². The number of benzene rings is 2. The highest BCUT2D eigenvalue weighted by atomic mass is 16.3. The third-order valence-corrected chi connectivity index (χ3v) is 3.67. The van der Waals surface area contributed by atoms with Crippen LogP contribution >= 0.6 is 0 Å². The van der Waals surface area contributed by atoms with Gasteiger partial charge >= 0.3 is 0 Å². The van der Waals surface area contributed by atoms with E-state index < -0.39 is 0 Å². The van der Waals surface area contributed by atoms with E-state index in [0.717, 1.165) is 23.9 Å². The van der Waals surface area contributed by atoms with Crippen molar-refractivity contribution >= 4 is 17.2 Å². The van der Waals surface area contributed by atoms with Crippen molar-refractivity contribution in [1.82, 2.24) is 0 Å². The summed E-state index contributed by atoms with van der Waals surface area (Å²) in [6.45, 7) is 0.897. The van der Waals surface area contributed by atoms with Gasteiger partial charge in [0, 0.05) is 18.1 Å². The molecule has 92 valence electrons. The zero-order valence-corrected chi connectivity index (χ0v) is 10.5. The van der Waals surface area contributed by atoms with Gasteiger partial charge in [-0.15, -0.1) is 0 Å². The first-order chi connectivity index (χ1) is 9.40. The second kappa shape index (κ2) is 4.09. The van der Waals surface area contributed by atoms with Crippen molar-refractivity contribution in [2.75, 3.05) is 6.54 Å². The highest BCUT2D eigenvalue weighted by Gasteiger charge is 2.08. The summed E-state index contributed by atoms with van der Waals surface area (Å²) in [6, 6.07) is 14.9. The summed E-state index contributed by atoms with van der Waals surface area (Å²) in [5, 5.41) is 1.15. The van der Waals surface area contributed by atoms with Gasteiger partial charge in [-0.2, -0.15) is 0 Å². The van der Waals surface area contributed by atoms with Gasteiger partial charge in [0.15, 0.2) is 0 Å². The molecular formula is C17H13NO. The van der Waals surface area contributed by atoms with E-state index in [-0.39, 0.29) is 0 Å². The third-order valence-electron chi connectivity index (χ3n) is 3.67. The van der Waals surface area contributed by atoms with Gasteiger partial charge in [0.05, 0.1) is 6.26 Å². The van der Waals surface area contributed by atoms with Crippen molar-refractivity contribution in [2.24, 2.45) is 4.99 Å². The highest BCUT2D eigenvalue weighted by molar-refractivity contribution is 5.86. The molecule has 0 atom stereocenters. The lowest BCUT2D eigenvalue weighted by atomic mass is 9.96. The zero-order valence-electron chi connectivity index (χ0n) is 10.5. The minimum atomic E-state index is 0.897. The first kappa shape index (κ1) is 10.6. The van der Waals surface area contributed by atoms with Crippen molar-refractivity contribution in [3.05, 3.63) is 59.9 Å². The Morgan fingerprint density at radius 2 is 1.84 bits per heavy atom. The van der Waals surface area contributed by atoms with Crippen molar-refractivity contribution in [2.45, 2.75) is 6.42 Å². The highest BCUT2D eigenvalue weighted by Crippen LogP contribution is 2.27. The van der Waals surface area contributed by atoms with Crippen molar-refractivity contribution in [3.63, 3.8) is 0 Å². The molecule has 3 aromatic rings. The Bertz CT molecular complexity index is 783. The van der Waals surface area contributed by atoms with Crippen LogP contribution in [-0.4, -0.2) is 12.8 Å². The van der Waals surface area contributed by atoms with Gasteiger partial charge in [-0.1, -0.05) is 30.3 Å². The Kier molecular flexibility index (Phi) is 2.27. The number of hydrogen-bond donors (Lipinski definition) is 0. The summed E-state index contributed by atoms with van der Waals surface area (Å²) in [6.07, 6.45) is 4.73. The normalized spacial score (nSPS) is 13.7. The molecule has 2 nitrogen and oxygen atoms in total. The van der Waals surface area contributed by atoms with Gasteiger partial charge in [0.25, 0.3) is 0 Å². The van der Waals surface area contributed by atoms with Crippen LogP contribution in [0.5, 0.6) is 0 Å². The van der Waals surface area contributed by atoms with E-state index in [1.54, 1.807) is 6.26 Å². The molecule has 0 N–H and O–H groups in total. The van der Waals surface area contributed by atoms with Crippen molar-refractivity contribution in [3.8, 4) is 11.1 Å². The largest absolute Gasteiger partial charge is 0.464 e. The van der Waals surface area contributed by atoms with E-state index in [9.17, 15) is 0 Å². The minimum Gasteiger partial charge on any atom is -0.464 e. The molecule has 1 aliphatic rings. The van der Waals surface area contributed by atoms with Gasteiger partial charge in [-0.05, 0) is 40.8 Å². The lowest BCUT2D eigenvalue weighted by Gasteiger charge is -2.11. The number of aliphatic imine (C=N–C) groups is 1. The Morgan fingerprint density at radius 1 is 0.947 bits per heavy atom. The SMILES string of the molecule is C1=NCCc2cc(-c3ccc4ccoc4c3)ccc21. The number of furan rings is 1. The van der Waals surface area contributed by atoms with Crippen molar-refractivity contribution in [1.29, 1.82) is 0 Å². The molecule has 0 saturated heterocycles. The molecule has 0 bridgehead atoms. The van der Waals surface area contributed by atoms with E-state index in [2.05, 4.69) is 41.4 Å². The molecule has 2 heteroatoms. The molecule has 2 aromatic carbocycles. The van der Waals surface area contributed by atoms with Crippen LogP contribution in [-0.2, 0) is 6.42 Å². The maximum atomic E-state index is 5.47. The number of fused-ring (bicyclic) bond motifs is 2. The third kappa shape index (κ3) is 1.76. The van der Waals surface area contributed by atoms with Gasteiger partial charge in [-0.3, -0.25) is 4.99 Å². The van der Waals surface area contributed by atoms with Crippen LogP contribution < -0.4 is 0 Å². The Hall–Kier alpha value is -2.35. The molecule has 4 rings (SSSR count). The predicted molar refractivity (Wildman–Crippen MR) is 77.8 cm³/mol. The van der Waals surface area contributed by atoms with E-state index in [4.69, 9.17) is 4.42 Å². The summed E-state index contributed by atoms with van der Waals surface area (Å²) in [5.41, 5.74) is 6.01. The zero-order chi connectivity index (χ0) is 12.7. The fourth-order valence-electron chi connectivity index (χ4n) is 2.61. The fraction of sp³-hybridized carbons (Fsp3) is 0.118. The second-order valence-corrected chi connectivity index (χ2v) is 4.87. The lowest BCUT2D eigenvalue weighted by molar-refractivity contribution is 0.616. The fourth-order valence-corrected chi connectivity index (χ4v) is 2.61. The summed E-state index contributed by atoms with van der Waals surface area (Å²) in [4.78, 5) is 4.31. The number of nitrogens with zero attached hydrogens (tertiary/aromatic N) is 1. The van der Waals surface area contributed by atoms with Crippen LogP contribution in [0, 0.1) is 0 Å². The molecule has 0 radical (unpaired) electrons. The average molecular weight is 247 g/mol. The molecule has 19 heavy (non-hydrogen) atoms. The summed E-state index contributed by atoms with van der Waals surface area (Å²) >= 11 is 0. The molecule has 0 unspecified atom stereocenters. The van der Waals surface area contributed by atoms with E-state index >= 15 is 0 Å². The topological polar surface area (TPSA) is 25.5 Å². The van der Waals surface area contributed by atoms with Crippen LogP contribution in [0.2, 0.25) is 0 Å². The molecule has 0 saturated carbocycles. The van der Waals surface area contributed by atoms with E-state index in [0.29, 0.717) is 0 Å². The molecule has 0 aliphatic carbocycles. The molecule has 1 aliphatic heterocycles. The average Bonchev–Trinajstić information content (AvgIpc) is 2.94. The van der Waals surface area contributed by atoms with Gasteiger partial charge in [-0.25, -0.2) is 0 Å². The monoisotopic (exact) mass is 247 g/mol. The van der Waals surface area contributed by atoms with E-state index in [1.165, 1.54) is 22.3 Å². The Morgan fingerprint density at radius 3 is 2.84 bits per heavy atom. The Balaban J connectivity index is 1.84. The van der Waals surface area contributed by atoms with Gasteiger partial charge in [0.2, 0.25) is 0 Å². The van der Waals surface area contributed by atoms with Gasteiger partial charge in [0.1, 0.15) is 5.58 Å². The lowest BCUT2D eigenvalue weighted by Crippen LogP contribution is -2.02. The summed E-state index contributed by atoms with van der Waals surface area (Å²) in [7, 11) is 0. The molecule has 0 fully saturated rings.